The summed E-state index contributed by atoms with van der Waals surface area (Å²) in [6.07, 6.45) is 1.35. The van der Waals surface area contributed by atoms with Crippen molar-refractivity contribution in [2.24, 2.45) is 39.4 Å². The summed E-state index contributed by atoms with van der Waals surface area (Å²) >= 11 is 0. The van der Waals surface area contributed by atoms with Gasteiger partial charge in [0.2, 0.25) is 0 Å². The Balaban J connectivity index is 1.74. The van der Waals surface area contributed by atoms with Crippen LogP contribution in [-0.4, -0.2) is 80.7 Å². The molecule has 0 saturated heterocycles. The van der Waals surface area contributed by atoms with Crippen LogP contribution in [0.15, 0.2) is 11.6 Å². The zero-order valence-electron chi connectivity index (χ0n) is 27.5. The van der Waals surface area contributed by atoms with Crippen molar-refractivity contribution in [1.82, 2.24) is 0 Å². The van der Waals surface area contributed by atoms with Crippen molar-refractivity contribution in [3.63, 3.8) is 0 Å². The number of carbonyl (C=O) groups is 3. The van der Waals surface area contributed by atoms with E-state index in [-0.39, 0.29) is 50.1 Å². The van der Waals surface area contributed by atoms with Gasteiger partial charge in [-0.15, -0.1) is 0 Å². The Morgan fingerprint density at radius 2 is 1.72 bits per heavy atom. The molecule has 3 fully saturated rings. The molecule has 9 heteroatoms. The molecule has 0 aliphatic heterocycles. The van der Waals surface area contributed by atoms with Crippen LogP contribution in [0.1, 0.15) is 101 Å². The molecule has 4 N–H and O–H groups in total. The van der Waals surface area contributed by atoms with Crippen LogP contribution in [0.5, 0.6) is 0 Å². The molecule has 4 rings (SSSR count). The number of rotatable bonds is 9. The summed E-state index contributed by atoms with van der Waals surface area (Å²) in [5, 5.41) is 45.7. The second-order valence-corrected chi connectivity index (χ2v) is 15.6. The summed E-state index contributed by atoms with van der Waals surface area (Å²) in [5.41, 5.74) is -5.36. The van der Waals surface area contributed by atoms with Crippen LogP contribution in [0.3, 0.4) is 0 Å². The van der Waals surface area contributed by atoms with Gasteiger partial charge in [0.15, 0.2) is 5.78 Å². The molecular weight excluding hydrogens is 552 g/mol. The fraction of sp³-hybridized carbons (Fsp3) is 0.853. The van der Waals surface area contributed by atoms with Crippen LogP contribution in [0.4, 0.5) is 0 Å². The lowest BCUT2D eigenvalue weighted by molar-refractivity contribution is -0.194. The van der Waals surface area contributed by atoms with E-state index in [0.717, 1.165) is 5.57 Å². The number of fused-ring (bicyclic) bond motifs is 5. The summed E-state index contributed by atoms with van der Waals surface area (Å²) in [4.78, 5) is 40.2. The molecule has 0 spiro atoms. The van der Waals surface area contributed by atoms with E-state index in [1.54, 1.807) is 20.8 Å². The maximum absolute atomic E-state index is 14.5. The topological polar surface area (TPSA) is 151 Å². The minimum atomic E-state index is -2.01. The molecule has 0 aromatic heterocycles. The van der Waals surface area contributed by atoms with E-state index in [4.69, 9.17) is 9.47 Å². The zero-order chi connectivity index (χ0) is 32.6. The van der Waals surface area contributed by atoms with Crippen molar-refractivity contribution >= 4 is 17.5 Å². The molecule has 0 radical (unpaired) electrons. The Morgan fingerprint density at radius 1 is 1.09 bits per heavy atom. The van der Waals surface area contributed by atoms with Gasteiger partial charge in [-0.1, -0.05) is 39.3 Å². The Hall–Kier alpha value is -1.65. The molecule has 0 aromatic rings. The Kier molecular flexibility index (Phi) is 8.76. The van der Waals surface area contributed by atoms with Gasteiger partial charge in [0.25, 0.3) is 0 Å². The van der Waals surface area contributed by atoms with Gasteiger partial charge in [-0.2, -0.15) is 0 Å². The highest BCUT2D eigenvalue weighted by molar-refractivity contribution is 5.90. The van der Waals surface area contributed by atoms with E-state index in [2.05, 4.69) is 6.08 Å². The van der Waals surface area contributed by atoms with Crippen LogP contribution in [0.25, 0.3) is 0 Å². The minimum Gasteiger partial charge on any atom is -0.457 e. The van der Waals surface area contributed by atoms with E-state index >= 15 is 0 Å². The van der Waals surface area contributed by atoms with Crippen molar-refractivity contribution in [2.45, 2.75) is 130 Å². The predicted octanol–water partition coefficient (Wildman–Crippen LogP) is 3.53. The smallest absolute Gasteiger partial charge is 0.303 e. The molecule has 4 aliphatic carbocycles. The lowest BCUT2D eigenvalue weighted by Crippen LogP contribution is -2.67. The lowest BCUT2D eigenvalue weighted by Gasteiger charge is -2.65. The number of ether oxygens (including phenoxy) is 2. The molecule has 0 bridgehead atoms. The molecule has 3 saturated carbocycles. The summed E-state index contributed by atoms with van der Waals surface area (Å²) in [6, 6.07) is 0. The number of allylic oxidation sites excluding steroid dienone is 1. The molecular formula is C34H54O9. The SMILES string of the molecule is CCO[C@H](CC(=O)[C@](C)(O)[C@H]1[C@H](O)C[C@@]2(C)[C@@H]3CC=C4[C@@H](CC[C@H](O)C4(C)C)[C@]3(CO)C(=O)C[C@]12C)C(C)(C)OC(C)=O. The number of aliphatic hydroxyl groups excluding tert-OH is 3. The third-order valence-electron chi connectivity index (χ3n) is 12.7. The number of esters is 1. The summed E-state index contributed by atoms with van der Waals surface area (Å²) in [7, 11) is 0. The van der Waals surface area contributed by atoms with Gasteiger partial charge in [-0.25, -0.2) is 0 Å². The number of carbonyl (C=O) groups excluding carboxylic acids is 3. The second kappa shape index (κ2) is 11.0. The number of Topliss-reactive ketones (excluding diaryl/α,β-unsaturated/α-hetero) is 2. The standard InChI is InChI=1S/C34H54O9/c1-10-42-27(30(5,6)43-19(2)36)15-25(39)33(9,41)28-22(37)16-31(7)23-13-11-20-21(12-14-24(38)29(20,3)4)34(23,18-35)26(40)17-32(28,31)8/h11,21-24,27-28,35,37-38,41H,10,12-18H2,1-9H3/t21-,22-,23+,24+,27-,28+,31+,32-,33+,34+/m1/s1. The highest BCUT2D eigenvalue weighted by Crippen LogP contribution is 2.74. The van der Waals surface area contributed by atoms with E-state index in [1.807, 2.05) is 27.7 Å². The number of ketones is 2. The van der Waals surface area contributed by atoms with Gasteiger partial charge in [0.1, 0.15) is 23.1 Å². The third kappa shape index (κ3) is 4.87. The first-order chi connectivity index (χ1) is 19.7. The summed E-state index contributed by atoms with van der Waals surface area (Å²) in [5.74, 6) is -2.67. The zero-order valence-corrected chi connectivity index (χ0v) is 27.5. The predicted molar refractivity (Wildman–Crippen MR) is 160 cm³/mol. The average molecular weight is 607 g/mol. The van der Waals surface area contributed by atoms with Gasteiger partial charge < -0.3 is 29.9 Å². The molecule has 9 nitrogen and oxygen atoms in total. The summed E-state index contributed by atoms with van der Waals surface area (Å²) in [6.45, 7) is 15.7. The minimum absolute atomic E-state index is 0.00626. The number of hydrogen-bond donors (Lipinski definition) is 4. The van der Waals surface area contributed by atoms with E-state index in [1.165, 1.54) is 13.8 Å². The van der Waals surface area contributed by atoms with Crippen molar-refractivity contribution in [3.05, 3.63) is 11.6 Å². The van der Waals surface area contributed by atoms with Gasteiger partial charge in [-0.05, 0) is 76.0 Å². The molecule has 4 aliphatic rings. The molecule has 0 unspecified atom stereocenters. The van der Waals surface area contributed by atoms with Gasteiger partial charge in [0, 0.05) is 37.7 Å². The maximum Gasteiger partial charge on any atom is 0.303 e. The Morgan fingerprint density at radius 3 is 2.28 bits per heavy atom. The van der Waals surface area contributed by atoms with Crippen LogP contribution in [-0.2, 0) is 23.9 Å². The maximum atomic E-state index is 14.5. The normalized spacial score (nSPS) is 40.8. The second-order valence-electron chi connectivity index (χ2n) is 15.6. The third-order valence-corrected chi connectivity index (χ3v) is 12.7. The van der Waals surface area contributed by atoms with Crippen molar-refractivity contribution in [1.29, 1.82) is 0 Å². The highest BCUT2D eigenvalue weighted by Gasteiger charge is 2.75. The first-order valence-electron chi connectivity index (χ1n) is 16.0. The number of aliphatic hydroxyl groups is 4. The summed E-state index contributed by atoms with van der Waals surface area (Å²) < 4.78 is 11.3. The van der Waals surface area contributed by atoms with E-state index in [0.29, 0.717) is 19.3 Å². The fourth-order valence-corrected chi connectivity index (χ4v) is 10.2. The average Bonchev–Trinajstić information content (AvgIpc) is 3.09. The van der Waals surface area contributed by atoms with Gasteiger partial charge >= 0.3 is 5.97 Å². The lowest BCUT2D eigenvalue weighted by atomic mass is 9.38. The van der Waals surface area contributed by atoms with Gasteiger partial charge in [-0.3, -0.25) is 14.4 Å². The van der Waals surface area contributed by atoms with E-state index in [9.17, 15) is 34.8 Å². The Labute approximate surface area is 256 Å². The molecule has 244 valence electrons. The van der Waals surface area contributed by atoms with Crippen molar-refractivity contribution in [2.75, 3.05) is 13.2 Å². The molecule has 0 heterocycles. The van der Waals surface area contributed by atoms with Crippen LogP contribution in [0.2, 0.25) is 0 Å². The first kappa shape index (κ1) is 34.2. The van der Waals surface area contributed by atoms with E-state index < -0.39 is 68.8 Å². The van der Waals surface area contributed by atoms with Crippen LogP contribution in [0, 0.1) is 39.4 Å². The van der Waals surface area contributed by atoms with Crippen molar-refractivity contribution < 1.29 is 44.3 Å². The quantitative estimate of drug-likeness (QED) is 0.228. The fourth-order valence-electron chi connectivity index (χ4n) is 10.2. The highest BCUT2D eigenvalue weighted by atomic mass is 16.6. The van der Waals surface area contributed by atoms with Crippen LogP contribution >= 0.6 is 0 Å². The van der Waals surface area contributed by atoms with Crippen LogP contribution < -0.4 is 0 Å². The van der Waals surface area contributed by atoms with Crippen molar-refractivity contribution in [3.8, 4) is 0 Å². The Bertz CT molecular complexity index is 1170. The molecule has 0 aromatic carbocycles. The monoisotopic (exact) mass is 606 g/mol. The first-order valence-corrected chi connectivity index (χ1v) is 16.0. The van der Waals surface area contributed by atoms with Gasteiger partial charge in [0.05, 0.1) is 24.2 Å². The number of hydrogen-bond acceptors (Lipinski definition) is 9. The molecule has 43 heavy (non-hydrogen) atoms. The molecule has 10 atom stereocenters. The molecule has 0 amide bonds. The largest absolute Gasteiger partial charge is 0.457 e.